The molecule has 0 saturated carbocycles. The summed E-state index contributed by atoms with van der Waals surface area (Å²) >= 11 is 0. The second kappa shape index (κ2) is 15.4. The second-order valence-corrected chi connectivity index (χ2v) is 11.3. The van der Waals surface area contributed by atoms with Crippen molar-refractivity contribution >= 4 is 17.5 Å². The first kappa shape index (κ1) is 31.2. The molecule has 8 heteroatoms. The van der Waals surface area contributed by atoms with Gasteiger partial charge in [-0.15, -0.1) is 0 Å². The maximum atomic E-state index is 13.6. The van der Waals surface area contributed by atoms with Gasteiger partial charge in [0.1, 0.15) is 0 Å². The molecule has 0 radical (unpaired) electrons. The minimum Gasteiger partial charge on any atom is -0.391 e. The monoisotopic (exact) mass is 519 g/mol. The maximum Gasteiger partial charge on any atom is 0.227 e. The van der Waals surface area contributed by atoms with Crippen molar-refractivity contribution in [2.45, 2.75) is 78.4 Å². The Morgan fingerprint density at radius 3 is 2.70 bits per heavy atom. The molecule has 0 bridgehead atoms. The molecule has 0 aromatic heterocycles. The average Bonchev–Trinajstić information content (AvgIpc) is 2.85. The molecule has 0 spiro atoms. The van der Waals surface area contributed by atoms with Crippen LogP contribution in [0.25, 0.3) is 0 Å². The van der Waals surface area contributed by atoms with Gasteiger partial charge in [0.15, 0.2) is 0 Å². The van der Waals surface area contributed by atoms with Crippen molar-refractivity contribution in [1.29, 1.82) is 0 Å². The summed E-state index contributed by atoms with van der Waals surface area (Å²) in [7, 11) is 1.65. The Morgan fingerprint density at radius 2 is 2.00 bits per heavy atom. The Hall–Kier alpha value is -2.00. The molecule has 37 heavy (non-hydrogen) atoms. The molecule has 2 amide bonds. The molecule has 1 aromatic rings. The number of carbonyl (C=O) groups excluding carboxylic acids is 2. The number of ether oxygens (including phenoxy) is 2. The molecule has 1 aromatic carbocycles. The molecule has 1 aliphatic rings. The van der Waals surface area contributed by atoms with Crippen LogP contribution in [0.15, 0.2) is 24.3 Å². The number of carbonyl (C=O) groups is 2. The van der Waals surface area contributed by atoms with Gasteiger partial charge in [0.25, 0.3) is 0 Å². The summed E-state index contributed by atoms with van der Waals surface area (Å²) in [6.07, 6.45) is 3.10. The number of para-hydroxylation sites is 1. The molecule has 0 aliphatic carbocycles. The van der Waals surface area contributed by atoms with E-state index in [0.29, 0.717) is 52.2 Å². The zero-order valence-electron chi connectivity index (χ0n) is 23.5. The highest BCUT2D eigenvalue weighted by atomic mass is 16.5. The van der Waals surface area contributed by atoms with Crippen molar-refractivity contribution in [3.05, 3.63) is 29.8 Å². The number of anilines is 1. The minimum atomic E-state index is -0.814. The molecule has 2 rings (SSSR count). The largest absolute Gasteiger partial charge is 0.391 e. The molecular formula is C29H49N3O5. The second-order valence-electron chi connectivity index (χ2n) is 11.3. The van der Waals surface area contributed by atoms with Crippen molar-refractivity contribution < 1.29 is 24.2 Å². The summed E-state index contributed by atoms with van der Waals surface area (Å²) in [6.45, 7) is 10.8. The van der Waals surface area contributed by atoms with Crippen LogP contribution in [0, 0.1) is 17.3 Å². The lowest BCUT2D eigenvalue weighted by atomic mass is 9.79. The molecule has 1 unspecified atom stereocenters. The van der Waals surface area contributed by atoms with Crippen LogP contribution in [0.2, 0.25) is 0 Å². The highest BCUT2D eigenvalue weighted by Gasteiger charge is 2.34. The Morgan fingerprint density at radius 1 is 1.27 bits per heavy atom. The van der Waals surface area contributed by atoms with E-state index in [0.717, 1.165) is 30.5 Å². The summed E-state index contributed by atoms with van der Waals surface area (Å²) in [4.78, 5) is 27.7. The minimum absolute atomic E-state index is 0.0457. The predicted molar refractivity (Wildman–Crippen MR) is 147 cm³/mol. The number of aliphatic hydroxyl groups is 1. The van der Waals surface area contributed by atoms with E-state index in [-0.39, 0.29) is 23.7 Å². The summed E-state index contributed by atoms with van der Waals surface area (Å²) in [5.41, 5.74) is 8.07. The fourth-order valence-corrected chi connectivity index (χ4v) is 4.98. The van der Waals surface area contributed by atoms with Crippen LogP contribution in [-0.4, -0.2) is 69.1 Å². The summed E-state index contributed by atoms with van der Waals surface area (Å²) in [5.74, 6) is -0.119. The van der Waals surface area contributed by atoms with E-state index in [1.165, 1.54) is 0 Å². The summed E-state index contributed by atoms with van der Waals surface area (Å²) in [5, 5.41) is 13.6. The lowest BCUT2D eigenvalue weighted by Gasteiger charge is -2.37. The van der Waals surface area contributed by atoms with Gasteiger partial charge in [-0.25, -0.2) is 0 Å². The quantitative estimate of drug-likeness (QED) is 0.289. The molecule has 0 saturated heterocycles. The van der Waals surface area contributed by atoms with Crippen LogP contribution in [-0.2, 0) is 25.5 Å². The molecular weight excluding hydrogens is 470 g/mol. The third-order valence-corrected chi connectivity index (χ3v) is 7.10. The van der Waals surface area contributed by atoms with E-state index in [1.807, 2.05) is 43.9 Å². The molecule has 210 valence electrons. The van der Waals surface area contributed by atoms with Crippen LogP contribution in [0.5, 0.6) is 0 Å². The molecule has 4 N–H and O–H groups in total. The first-order valence-electron chi connectivity index (χ1n) is 13.7. The zero-order chi connectivity index (χ0) is 27.4. The Balaban J connectivity index is 1.95. The lowest BCUT2D eigenvalue weighted by molar-refractivity contribution is -0.125. The Labute approximate surface area is 223 Å². The maximum absolute atomic E-state index is 13.6. The zero-order valence-corrected chi connectivity index (χ0v) is 23.5. The standard InChI is InChI=1S/C29H49N3O5/c1-6-7-12-31-28(35)21(2)15-26(33)24(30)17-29(3,4)18-27(34)32-19-22(20-37-14-13-36-5)16-23-10-8-9-11-25(23)32/h8-11,21-22,24,26,33H,6-7,12-20,30H2,1-5H3,(H,31,35)/t21-,22?,24+,26+/m1/s1. The van der Waals surface area contributed by atoms with Crippen molar-refractivity contribution in [1.82, 2.24) is 5.32 Å². The number of nitrogens with two attached hydrogens (primary N) is 1. The van der Waals surface area contributed by atoms with Gasteiger partial charge in [-0.1, -0.05) is 52.3 Å². The average molecular weight is 520 g/mol. The number of nitrogens with zero attached hydrogens (tertiary/aromatic N) is 1. The number of unbranched alkanes of at least 4 members (excludes halogenated alkanes) is 1. The molecule has 8 nitrogen and oxygen atoms in total. The van der Waals surface area contributed by atoms with E-state index in [4.69, 9.17) is 15.2 Å². The van der Waals surface area contributed by atoms with Gasteiger partial charge in [0, 0.05) is 50.2 Å². The number of hydrogen-bond acceptors (Lipinski definition) is 6. The van der Waals surface area contributed by atoms with Crippen LogP contribution in [0.4, 0.5) is 5.69 Å². The van der Waals surface area contributed by atoms with E-state index < -0.39 is 17.6 Å². The van der Waals surface area contributed by atoms with Gasteiger partial charge in [0.2, 0.25) is 11.8 Å². The molecule has 1 aliphatic heterocycles. The van der Waals surface area contributed by atoms with Crippen molar-refractivity contribution in [2.24, 2.45) is 23.0 Å². The molecule has 1 heterocycles. The summed E-state index contributed by atoms with van der Waals surface area (Å²) in [6, 6.07) is 7.53. The SMILES string of the molecule is CCCCNC(=O)[C@H](C)C[C@H](O)[C@@H](N)CC(C)(C)CC(=O)N1CC(COCCOC)Cc2ccccc21. The first-order valence-corrected chi connectivity index (χ1v) is 13.7. The van der Waals surface area contributed by atoms with Crippen LogP contribution in [0.1, 0.15) is 65.4 Å². The third-order valence-electron chi connectivity index (χ3n) is 7.10. The van der Waals surface area contributed by atoms with Gasteiger partial charge in [0.05, 0.1) is 25.9 Å². The number of fused-ring (bicyclic) bond motifs is 1. The number of hydrogen-bond donors (Lipinski definition) is 3. The van der Waals surface area contributed by atoms with E-state index in [2.05, 4.69) is 18.3 Å². The smallest absolute Gasteiger partial charge is 0.227 e. The van der Waals surface area contributed by atoms with E-state index >= 15 is 0 Å². The van der Waals surface area contributed by atoms with Crippen molar-refractivity contribution in [2.75, 3.05) is 44.9 Å². The Bertz CT molecular complexity index is 847. The summed E-state index contributed by atoms with van der Waals surface area (Å²) < 4.78 is 10.8. The number of nitrogens with one attached hydrogen (secondary N) is 1. The van der Waals surface area contributed by atoms with Gasteiger partial charge in [-0.3, -0.25) is 9.59 Å². The highest BCUT2D eigenvalue weighted by Crippen LogP contribution is 2.34. The first-order chi connectivity index (χ1) is 17.6. The van der Waals surface area contributed by atoms with Crippen molar-refractivity contribution in [3.63, 3.8) is 0 Å². The number of amides is 2. The van der Waals surface area contributed by atoms with Crippen molar-refractivity contribution in [3.8, 4) is 0 Å². The molecule has 4 atom stereocenters. The normalized spacial score (nSPS) is 18.1. The number of rotatable bonds is 16. The van der Waals surface area contributed by atoms with E-state index in [9.17, 15) is 14.7 Å². The van der Waals surface area contributed by atoms with Crippen LogP contribution in [0.3, 0.4) is 0 Å². The number of methoxy groups -OCH3 is 1. The van der Waals surface area contributed by atoms with Gasteiger partial charge < -0.3 is 30.5 Å². The van der Waals surface area contributed by atoms with Gasteiger partial charge in [-0.05, 0) is 42.7 Å². The third kappa shape index (κ3) is 10.3. The molecule has 0 fully saturated rings. The Kier molecular flexibility index (Phi) is 13.0. The number of aliphatic hydroxyl groups excluding tert-OH is 1. The van der Waals surface area contributed by atoms with Gasteiger partial charge in [-0.2, -0.15) is 0 Å². The fraction of sp³-hybridized carbons (Fsp3) is 0.724. The lowest BCUT2D eigenvalue weighted by Crippen LogP contribution is -2.45. The topological polar surface area (TPSA) is 114 Å². The predicted octanol–water partition coefficient (Wildman–Crippen LogP) is 3.29. The van der Waals surface area contributed by atoms with Gasteiger partial charge >= 0.3 is 0 Å². The number of benzene rings is 1. The van der Waals surface area contributed by atoms with Crippen LogP contribution >= 0.6 is 0 Å². The van der Waals surface area contributed by atoms with Crippen LogP contribution < -0.4 is 16.0 Å². The fourth-order valence-electron chi connectivity index (χ4n) is 4.98. The highest BCUT2D eigenvalue weighted by molar-refractivity contribution is 5.95. The van der Waals surface area contributed by atoms with E-state index in [1.54, 1.807) is 7.11 Å².